The van der Waals surface area contributed by atoms with Gasteiger partial charge in [-0.15, -0.1) is 0 Å². The van der Waals surface area contributed by atoms with Crippen molar-refractivity contribution >= 4 is 0 Å². The van der Waals surface area contributed by atoms with E-state index in [1.165, 1.54) is 0 Å². The fourth-order valence-corrected chi connectivity index (χ4v) is 2.20. The zero-order valence-electron chi connectivity index (χ0n) is 10.0. The van der Waals surface area contributed by atoms with E-state index < -0.39 is 12.2 Å². The van der Waals surface area contributed by atoms with Gasteiger partial charge in [-0.3, -0.25) is 0 Å². The number of aliphatic hydroxyl groups excluding tert-OH is 3. The predicted molar refractivity (Wildman–Crippen MR) is 64.0 cm³/mol. The largest absolute Gasteiger partial charge is 0.393 e. The van der Waals surface area contributed by atoms with E-state index in [1.54, 1.807) is 6.08 Å². The van der Waals surface area contributed by atoms with Gasteiger partial charge in [0, 0.05) is 5.92 Å². The fraction of sp³-hybridized carbons (Fsp3) is 0.846. The highest BCUT2D eigenvalue weighted by Gasteiger charge is 2.29. The quantitative estimate of drug-likeness (QED) is 0.478. The van der Waals surface area contributed by atoms with Crippen molar-refractivity contribution in [2.45, 2.75) is 63.8 Å². The number of unbranched alkanes of at least 4 members (excludes halogenated alkanes) is 2. The van der Waals surface area contributed by atoms with Crippen LogP contribution >= 0.6 is 0 Å². The molecule has 0 heterocycles. The number of hydrogen-bond acceptors (Lipinski definition) is 3. The van der Waals surface area contributed by atoms with Crippen molar-refractivity contribution in [2.24, 2.45) is 5.92 Å². The molecule has 3 N–H and O–H groups in total. The Morgan fingerprint density at radius 2 is 2.00 bits per heavy atom. The SMILES string of the molecule is CCCCC[C@H](O)/C=C/[C@@H]1C[C@@H](O)C[C@H]1O. The van der Waals surface area contributed by atoms with Crippen molar-refractivity contribution in [3.8, 4) is 0 Å². The van der Waals surface area contributed by atoms with Gasteiger partial charge in [-0.25, -0.2) is 0 Å². The Morgan fingerprint density at radius 1 is 1.25 bits per heavy atom. The first-order chi connectivity index (χ1) is 7.63. The lowest BCUT2D eigenvalue weighted by Gasteiger charge is -2.10. The molecule has 0 saturated heterocycles. The van der Waals surface area contributed by atoms with Crippen LogP contribution in [0.5, 0.6) is 0 Å². The van der Waals surface area contributed by atoms with Crippen molar-refractivity contribution in [2.75, 3.05) is 0 Å². The van der Waals surface area contributed by atoms with Crippen LogP contribution in [0.25, 0.3) is 0 Å². The second-order valence-electron chi connectivity index (χ2n) is 4.80. The molecule has 1 rings (SSSR count). The van der Waals surface area contributed by atoms with Crippen LogP contribution in [-0.4, -0.2) is 33.6 Å². The Balaban J connectivity index is 2.24. The van der Waals surface area contributed by atoms with Crippen molar-refractivity contribution in [1.29, 1.82) is 0 Å². The van der Waals surface area contributed by atoms with Gasteiger partial charge in [0.05, 0.1) is 18.3 Å². The molecule has 0 unspecified atom stereocenters. The van der Waals surface area contributed by atoms with Crippen molar-refractivity contribution in [1.82, 2.24) is 0 Å². The monoisotopic (exact) mass is 228 g/mol. The smallest absolute Gasteiger partial charge is 0.0721 e. The molecular formula is C13H24O3. The normalized spacial score (nSPS) is 32.4. The molecule has 3 heteroatoms. The van der Waals surface area contributed by atoms with Crippen molar-refractivity contribution < 1.29 is 15.3 Å². The van der Waals surface area contributed by atoms with Crippen LogP contribution < -0.4 is 0 Å². The van der Waals surface area contributed by atoms with E-state index in [9.17, 15) is 15.3 Å². The summed E-state index contributed by atoms with van der Waals surface area (Å²) in [5, 5.41) is 28.6. The maximum absolute atomic E-state index is 9.66. The van der Waals surface area contributed by atoms with E-state index in [4.69, 9.17) is 0 Å². The maximum atomic E-state index is 9.66. The van der Waals surface area contributed by atoms with Gasteiger partial charge in [0.25, 0.3) is 0 Å². The molecule has 94 valence electrons. The first-order valence-corrected chi connectivity index (χ1v) is 6.36. The lowest BCUT2D eigenvalue weighted by atomic mass is 10.0. The lowest BCUT2D eigenvalue weighted by molar-refractivity contribution is 0.128. The Labute approximate surface area is 97.8 Å². The molecule has 3 nitrogen and oxygen atoms in total. The standard InChI is InChI=1S/C13H24O3/c1-2-3-4-5-11(14)7-6-10-8-12(15)9-13(10)16/h6-7,10-16H,2-5,8-9H2,1H3/b7-6+/t10-,11+,12-,13-/m1/s1. The summed E-state index contributed by atoms with van der Waals surface area (Å²) in [6.45, 7) is 2.14. The highest BCUT2D eigenvalue weighted by Crippen LogP contribution is 2.27. The number of aliphatic hydroxyl groups is 3. The predicted octanol–water partition coefficient (Wildman–Crippen LogP) is 1.62. The third-order valence-electron chi connectivity index (χ3n) is 3.24. The van der Waals surface area contributed by atoms with E-state index >= 15 is 0 Å². The van der Waals surface area contributed by atoms with Crippen LogP contribution in [0, 0.1) is 5.92 Å². The Morgan fingerprint density at radius 3 is 2.56 bits per heavy atom. The second-order valence-corrected chi connectivity index (χ2v) is 4.80. The molecule has 0 aromatic heterocycles. The third kappa shape index (κ3) is 4.64. The van der Waals surface area contributed by atoms with Gasteiger partial charge in [0.15, 0.2) is 0 Å². The van der Waals surface area contributed by atoms with Gasteiger partial charge < -0.3 is 15.3 Å². The zero-order chi connectivity index (χ0) is 12.0. The highest BCUT2D eigenvalue weighted by atomic mass is 16.3. The molecule has 1 aliphatic carbocycles. The molecular weight excluding hydrogens is 204 g/mol. The van der Waals surface area contributed by atoms with Crippen molar-refractivity contribution in [3.05, 3.63) is 12.2 Å². The van der Waals surface area contributed by atoms with Gasteiger partial charge in [-0.1, -0.05) is 38.3 Å². The molecule has 0 bridgehead atoms. The van der Waals surface area contributed by atoms with Crippen molar-refractivity contribution in [3.63, 3.8) is 0 Å². The summed E-state index contributed by atoms with van der Waals surface area (Å²) < 4.78 is 0. The van der Waals surface area contributed by atoms with Gasteiger partial charge in [0.2, 0.25) is 0 Å². The van der Waals surface area contributed by atoms with Gasteiger partial charge in [0.1, 0.15) is 0 Å². The third-order valence-corrected chi connectivity index (χ3v) is 3.24. The number of hydrogen-bond donors (Lipinski definition) is 3. The van der Waals surface area contributed by atoms with Crippen LogP contribution in [-0.2, 0) is 0 Å². The average molecular weight is 228 g/mol. The molecule has 1 saturated carbocycles. The fourth-order valence-electron chi connectivity index (χ4n) is 2.20. The van der Waals surface area contributed by atoms with Crippen LogP contribution in [0.15, 0.2) is 12.2 Å². The van der Waals surface area contributed by atoms with E-state index in [1.807, 2.05) is 6.08 Å². The van der Waals surface area contributed by atoms with Gasteiger partial charge >= 0.3 is 0 Å². The summed E-state index contributed by atoms with van der Waals surface area (Å²) >= 11 is 0. The maximum Gasteiger partial charge on any atom is 0.0721 e. The lowest BCUT2D eigenvalue weighted by Crippen LogP contribution is -2.11. The summed E-state index contributed by atoms with van der Waals surface area (Å²) in [5.41, 5.74) is 0. The molecule has 0 aromatic carbocycles. The van der Waals surface area contributed by atoms with Gasteiger partial charge in [-0.2, -0.15) is 0 Å². The summed E-state index contributed by atoms with van der Waals surface area (Å²) in [6.07, 6.45) is 7.58. The van der Waals surface area contributed by atoms with E-state index in [2.05, 4.69) is 6.92 Å². The van der Waals surface area contributed by atoms with Crippen LogP contribution in [0.2, 0.25) is 0 Å². The minimum atomic E-state index is -0.450. The Bertz CT molecular complexity index is 215. The highest BCUT2D eigenvalue weighted by molar-refractivity contribution is 5.00. The van der Waals surface area contributed by atoms with Crippen LogP contribution in [0.1, 0.15) is 45.4 Å². The Hall–Kier alpha value is -0.380. The van der Waals surface area contributed by atoms with E-state index in [0.717, 1.165) is 25.7 Å². The molecule has 0 spiro atoms. The van der Waals surface area contributed by atoms with Gasteiger partial charge in [-0.05, 0) is 19.3 Å². The topological polar surface area (TPSA) is 60.7 Å². The van der Waals surface area contributed by atoms with E-state index in [-0.39, 0.29) is 12.0 Å². The molecule has 4 atom stereocenters. The first kappa shape index (κ1) is 13.7. The summed E-state index contributed by atoms with van der Waals surface area (Å²) in [4.78, 5) is 0. The molecule has 16 heavy (non-hydrogen) atoms. The zero-order valence-corrected chi connectivity index (χ0v) is 10.0. The molecule has 0 amide bonds. The minimum Gasteiger partial charge on any atom is -0.393 e. The molecule has 0 aliphatic heterocycles. The number of rotatable bonds is 6. The van der Waals surface area contributed by atoms with E-state index in [0.29, 0.717) is 12.8 Å². The first-order valence-electron chi connectivity index (χ1n) is 6.36. The molecule has 1 fully saturated rings. The molecule has 0 radical (unpaired) electrons. The minimum absolute atomic E-state index is 0.0100. The van der Waals surface area contributed by atoms with Crippen LogP contribution in [0.4, 0.5) is 0 Å². The second kappa shape index (κ2) is 7.05. The summed E-state index contributed by atoms with van der Waals surface area (Å²) in [6, 6.07) is 0. The molecule has 0 aromatic rings. The Kier molecular flexibility index (Phi) is 6.03. The summed E-state index contributed by atoms with van der Waals surface area (Å²) in [7, 11) is 0. The summed E-state index contributed by atoms with van der Waals surface area (Å²) in [5.74, 6) is 0.0100. The molecule has 1 aliphatic rings. The average Bonchev–Trinajstić information content (AvgIpc) is 2.55. The van der Waals surface area contributed by atoms with Crippen LogP contribution in [0.3, 0.4) is 0 Å².